The van der Waals surface area contributed by atoms with Crippen LogP contribution in [0.4, 0.5) is 0 Å². The minimum absolute atomic E-state index is 0.275. The lowest BCUT2D eigenvalue weighted by Crippen LogP contribution is -2.47. The number of rotatable bonds is 6. The first kappa shape index (κ1) is 13.7. The molecule has 1 atom stereocenters. The molecule has 4 N–H and O–H groups in total. The summed E-state index contributed by atoms with van der Waals surface area (Å²) in [6, 6.07) is 4.36. The SMILES string of the molecule is O=C(O)C(NC(C(=O)O)c1ccccc1)C(=O)O. The molecule has 0 radical (unpaired) electrons. The maximum Gasteiger partial charge on any atom is 0.332 e. The summed E-state index contributed by atoms with van der Waals surface area (Å²) in [7, 11) is 0. The van der Waals surface area contributed by atoms with E-state index >= 15 is 0 Å². The molecular formula is C11H11NO6. The van der Waals surface area contributed by atoms with Crippen LogP contribution in [0.5, 0.6) is 0 Å². The van der Waals surface area contributed by atoms with Crippen molar-refractivity contribution in [3.8, 4) is 0 Å². The summed E-state index contributed by atoms with van der Waals surface area (Å²) < 4.78 is 0. The van der Waals surface area contributed by atoms with Crippen molar-refractivity contribution < 1.29 is 29.7 Å². The number of carboxylic acids is 3. The molecule has 0 saturated carbocycles. The zero-order chi connectivity index (χ0) is 13.7. The van der Waals surface area contributed by atoms with Gasteiger partial charge in [-0.1, -0.05) is 30.3 Å². The van der Waals surface area contributed by atoms with Gasteiger partial charge in [0.15, 0.2) is 0 Å². The molecule has 1 rings (SSSR count). The Hall–Kier alpha value is -2.41. The molecule has 0 amide bonds. The summed E-state index contributed by atoms with van der Waals surface area (Å²) >= 11 is 0. The molecule has 1 aromatic rings. The Morgan fingerprint density at radius 1 is 0.889 bits per heavy atom. The standard InChI is InChI=1S/C11H11NO6/c13-9(14)7(6-4-2-1-3-5-6)12-8(10(15)16)11(17)18/h1-5,7-8,12H,(H,13,14)(H,15,16)(H,17,18). The van der Waals surface area contributed by atoms with E-state index in [9.17, 15) is 14.4 Å². The Morgan fingerprint density at radius 3 is 1.78 bits per heavy atom. The molecule has 0 aromatic heterocycles. The lowest BCUT2D eigenvalue weighted by molar-refractivity contribution is -0.152. The van der Waals surface area contributed by atoms with Crippen LogP contribution in [0.3, 0.4) is 0 Å². The minimum Gasteiger partial charge on any atom is -0.480 e. The van der Waals surface area contributed by atoms with E-state index in [0.717, 1.165) is 0 Å². The van der Waals surface area contributed by atoms with E-state index in [1.807, 2.05) is 0 Å². The highest BCUT2D eigenvalue weighted by molar-refractivity contribution is 5.97. The van der Waals surface area contributed by atoms with Crippen molar-refractivity contribution in [1.29, 1.82) is 0 Å². The molecule has 1 aromatic carbocycles. The molecule has 0 heterocycles. The normalized spacial score (nSPS) is 12.1. The van der Waals surface area contributed by atoms with Crippen LogP contribution in [0, 0.1) is 0 Å². The lowest BCUT2D eigenvalue weighted by atomic mass is 10.1. The first-order valence-corrected chi connectivity index (χ1v) is 4.93. The number of hydrogen-bond donors (Lipinski definition) is 4. The average molecular weight is 253 g/mol. The van der Waals surface area contributed by atoms with E-state index in [4.69, 9.17) is 15.3 Å². The maximum absolute atomic E-state index is 11.0. The second kappa shape index (κ2) is 5.78. The zero-order valence-electron chi connectivity index (χ0n) is 9.11. The number of benzene rings is 1. The number of aliphatic carboxylic acids is 3. The van der Waals surface area contributed by atoms with Crippen LogP contribution in [-0.4, -0.2) is 39.3 Å². The predicted molar refractivity (Wildman–Crippen MR) is 59.0 cm³/mol. The highest BCUT2D eigenvalue weighted by Crippen LogP contribution is 2.13. The van der Waals surface area contributed by atoms with Gasteiger partial charge in [-0.05, 0) is 5.56 Å². The van der Waals surface area contributed by atoms with E-state index in [-0.39, 0.29) is 5.56 Å². The fourth-order valence-electron chi connectivity index (χ4n) is 1.37. The number of carbonyl (C=O) groups is 3. The molecule has 7 heteroatoms. The van der Waals surface area contributed by atoms with Gasteiger partial charge in [0.2, 0.25) is 6.04 Å². The second-order valence-electron chi connectivity index (χ2n) is 3.46. The van der Waals surface area contributed by atoms with Crippen LogP contribution in [0.15, 0.2) is 30.3 Å². The van der Waals surface area contributed by atoms with Crippen LogP contribution in [0.25, 0.3) is 0 Å². The van der Waals surface area contributed by atoms with Crippen LogP contribution >= 0.6 is 0 Å². The minimum atomic E-state index is -1.98. The van der Waals surface area contributed by atoms with Gasteiger partial charge in [0.25, 0.3) is 0 Å². The van der Waals surface area contributed by atoms with E-state index in [2.05, 4.69) is 5.32 Å². The summed E-state index contributed by atoms with van der Waals surface area (Å²) in [5.41, 5.74) is 0.275. The third kappa shape index (κ3) is 3.29. The van der Waals surface area contributed by atoms with Gasteiger partial charge < -0.3 is 15.3 Å². The first-order valence-electron chi connectivity index (χ1n) is 4.93. The first-order chi connectivity index (χ1) is 8.43. The quantitative estimate of drug-likeness (QED) is 0.523. The fraction of sp³-hybridized carbons (Fsp3) is 0.182. The van der Waals surface area contributed by atoms with Gasteiger partial charge in [-0.3, -0.25) is 10.1 Å². The van der Waals surface area contributed by atoms with Gasteiger partial charge in [0.05, 0.1) is 0 Å². The number of nitrogens with one attached hydrogen (secondary N) is 1. The molecule has 18 heavy (non-hydrogen) atoms. The van der Waals surface area contributed by atoms with Gasteiger partial charge in [-0.2, -0.15) is 0 Å². The molecule has 1 unspecified atom stereocenters. The molecule has 96 valence electrons. The monoisotopic (exact) mass is 253 g/mol. The van der Waals surface area contributed by atoms with Crippen molar-refractivity contribution in [1.82, 2.24) is 5.32 Å². The zero-order valence-corrected chi connectivity index (χ0v) is 9.11. The molecule has 0 aliphatic carbocycles. The van der Waals surface area contributed by atoms with Crippen molar-refractivity contribution in [3.63, 3.8) is 0 Å². The van der Waals surface area contributed by atoms with Crippen molar-refractivity contribution in [3.05, 3.63) is 35.9 Å². The van der Waals surface area contributed by atoms with Gasteiger partial charge in [0, 0.05) is 0 Å². The molecule has 7 nitrogen and oxygen atoms in total. The molecule has 0 fully saturated rings. The lowest BCUT2D eigenvalue weighted by Gasteiger charge is -2.17. The summed E-state index contributed by atoms with van der Waals surface area (Å²) in [5.74, 6) is -4.65. The fourth-order valence-corrected chi connectivity index (χ4v) is 1.37. The van der Waals surface area contributed by atoms with E-state index in [1.54, 1.807) is 18.2 Å². The van der Waals surface area contributed by atoms with Crippen LogP contribution < -0.4 is 5.32 Å². The van der Waals surface area contributed by atoms with Crippen molar-refractivity contribution in [2.75, 3.05) is 0 Å². The second-order valence-corrected chi connectivity index (χ2v) is 3.46. The topological polar surface area (TPSA) is 124 Å². The highest BCUT2D eigenvalue weighted by atomic mass is 16.4. The van der Waals surface area contributed by atoms with Gasteiger partial charge in [0.1, 0.15) is 6.04 Å². The van der Waals surface area contributed by atoms with Gasteiger partial charge >= 0.3 is 17.9 Å². The third-order valence-electron chi connectivity index (χ3n) is 2.21. The van der Waals surface area contributed by atoms with Crippen molar-refractivity contribution in [2.45, 2.75) is 12.1 Å². The molecule has 0 aliphatic rings. The summed E-state index contributed by atoms with van der Waals surface area (Å²) in [5, 5.41) is 28.4. The van der Waals surface area contributed by atoms with Crippen LogP contribution in [-0.2, 0) is 14.4 Å². The molecule has 0 aliphatic heterocycles. The third-order valence-corrected chi connectivity index (χ3v) is 2.21. The van der Waals surface area contributed by atoms with Crippen LogP contribution in [0.1, 0.15) is 11.6 Å². The molecule has 0 spiro atoms. The maximum atomic E-state index is 11.0. The Morgan fingerprint density at radius 2 is 1.39 bits per heavy atom. The highest BCUT2D eigenvalue weighted by Gasteiger charge is 2.32. The van der Waals surface area contributed by atoms with E-state index in [1.165, 1.54) is 12.1 Å². The van der Waals surface area contributed by atoms with Gasteiger partial charge in [-0.25, -0.2) is 9.59 Å². The Kier molecular flexibility index (Phi) is 4.39. The number of hydrogen-bond acceptors (Lipinski definition) is 4. The summed E-state index contributed by atoms with van der Waals surface area (Å²) in [6.45, 7) is 0. The van der Waals surface area contributed by atoms with Crippen molar-refractivity contribution in [2.24, 2.45) is 0 Å². The summed E-state index contributed by atoms with van der Waals surface area (Å²) in [6.07, 6.45) is 0. The predicted octanol–water partition coefficient (Wildman–Crippen LogP) is -0.0603. The Labute approximate surface area is 102 Å². The summed E-state index contributed by atoms with van der Waals surface area (Å²) in [4.78, 5) is 32.4. The number of carboxylic acid groups (broad SMARTS) is 3. The van der Waals surface area contributed by atoms with Crippen LogP contribution in [0.2, 0.25) is 0 Å². The Bertz CT molecular complexity index is 444. The van der Waals surface area contributed by atoms with Gasteiger partial charge in [-0.15, -0.1) is 0 Å². The molecule has 0 bridgehead atoms. The molecule has 0 saturated heterocycles. The Balaban J connectivity index is 2.98. The van der Waals surface area contributed by atoms with E-state index < -0.39 is 30.0 Å². The average Bonchev–Trinajstić information content (AvgIpc) is 2.29. The molecular weight excluding hydrogens is 242 g/mol. The van der Waals surface area contributed by atoms with E-state index in [0.29, 0.717) is 0 Å². The smallest absolute Gasteiger partial charge is 0.332 e. The van der Waals surface area contributed by atoms with Crippen molar-refractivity contribution >= 4 is 17.9 Å². The largest absolute Gasteiger partial charge is 0.480 e.